The van der Waals surface area contributed by atoms with Crippen LogP contribution in [0.2, 0.25) is 0 Å². The quantitative estimate of drug-likeness (QED) is 0.868. The minimum Gasteiger partial charge on any atom is -0.378 e. The summed E-state index contributed by atoms with van der Waals surface area (Å²) in [5.74, 6) is 0.124. The highest BCUT2D eigenvalue weighted by atomic mass is 35.5. The zero-order chi connectivity index (χ0) is 14.7. The van der Waals surface area contributed by atoms with E-state index in [2.05, 4.69) is 28.4 Å². The maximum absolute atomic E-state index is 11.7. The van der Waals surface area contributed by atoms with Crippen LogP contribution >= 0.6 is 12.4 Å². The van der Waals surface area contributed by atoms with Gasteiger partial charge in [0, 0.05) is 36.4 Å². The first-order valence-electron chi connectivity index (χ1n) is 7.63. The first-order valence-corrected chi connectivity index (χ1v) is 7.63. The van der Waals surface area contributed by atoms with E-state index in [1.807, 2.05) is 6.07 Å². The van der Waals surface area contributed by atoms with Crippen LogP contribution in [0, 0.1) is 0 Å². The number of rotatable bonds is 3. The largest absolute Gasteiger partial charge is 0.378 e. The van der Waals surface area contributed by atoms with Crippen molar-refractivity contribution in [3.8, 4) is 0 Å². The van der Waals surface area contributed by atoms with E-state index < -0.39 is 0 Å². The first kappa shape index (κ1) is 17.0. The van der Waals surface area contributed by atoms with Crippen molar-refractivity contribution in [3.05, 3.63) is 35.4 Å². The Morgan fingerprint density at radius 2 is 2.05 bits per heavy atom. The van der Waals surface area contributed by atoms with Gasteiger partial charge in [-0.3, -0.25) is 4.79 Å². The topological polar surface area (TPSA) is 41.6 Å². The Morgan fingerprint density at radius 3 is 2.68 bits per heavy atom. The highest BCUT2D eigenvalue weighted by Gasteiger charge is 2.18. The number of anilines is 1. The molecule has 2 heterocycles. The molecule has 0 aromatic heterocycles. The lowest BCUT2D eigenvalue weighted by Gasteiger charge is -2.32. The van der Waals surface area contributed by atoms with E-state index in [1.54, 1.807) is 6.92 Å². The molecule has 2 aliphatic rings. The molecule has 0 unspecified atom stereocenters. The molecule has 0 spiro atoms. The number of nitrogens with zero attached hydrogens (tertiary/aromatic N) is 1. The van der Waals surface area contributed by atoms with Gasteiger partial charge in [0.1, 0.15) is 0 Å². The number of ketones is 1. The fourth-order valence-electron chi connectivity index (χ4n) is 2.96. The highest BCUT2D eigenvalue weighted by molar-refractivity contribution is 5.96. The van der Waals surface area contributed by atoms with E-state index in [0.29, 0.717) is 0 Å². The molecule has 120 valence electrons. The molecule has 0 radical (unpaired) electrons. The second kappa shape index (κ2) is 7.77. The fraction of sp³-hybridized carbons (Fsp3) is 0.471. The van der Waals surface area contributed by atoms with Crippen molar-refractivity contribution in [3.63, 3.8) is 0 Å². The molecular weight excluding hydrogens is 300 g/mol. The molecule has 1 saturated heterocycles. The standard InChI is InChI=1S/C17H22N2O2.ClH/c1-13(20)15-2-3-17(19-8-10-21-11-9-19)16(12-15)14-4-6-18-7-5-14;/h2-4,12,18H,5-11H2,1H3;1H. The lowest BCUT2D eigenvalue weighted by molar-refractivity contribution is 0.101. The van der Waals surface area contributed by atoms with Crippen LogP contribution in [-0.4, -0.2) is 45.2 Å². The van der Waals surface area contributed by atoms with Gasteiger partial charge in [-0.2, -0.15) is 0 Å². The van der Waals surface area contributed by atoms with Crippen LogP contribution in [-0.2, 0) is 4.74 Å². The number of morpholine rings is 1. The minimum atomic E-state index is 0. The van der Waals surface area contributed by atoms with Gasteiger partial charge in [-0.25, -0.2) is 0 Å². The molecule has 1 aromatic rings. The van der Waals surface area contributed by atoms with Gasteiger partial charge in [0.25, 0.3) is 0 Å². The van der Waals surface area contributed by atoms with Gasteiger partial charge in [0.05, 0.1) is 13.2 Å². The average Bonchev–Trinajstić information content (AvgIpc) is 2.56. The van der Waals surface area contributed by atoms with Gasteiger partial charge in [-0.1, -0.05) is 6.08 Å². The molecule has 4 nitrogen and oxygen atoms in total. The van der Waals surface area contributed by atoms with E-state index >= 15 is 0 Å². The van der Waals surface area contributed by atoms with Crippen molar-refractivity contribution >= 4 is 29.5 Å². The van der Waals surface area contributed by atoms with E-state index in [4.69, 9.17) is 4.74 Å². The maximum atomic E-state index is 11.7. The van der Waals surface area contributed by atoms with Crippen LogP contribution in [0.4, 0.5) is 5.69 Å². The van der Waals surface area contributed by atoms with E-state index in [0.717, 1.165) is 51.4 Å². The predicted octanol–water partition coefficient (Wildman–Crippen LogP) is 2.52. The molecule has 0 bridgehead atoms. The fourth-order valence-corrected chi connectivity index (χ4v) is 2.96. The van der Waals surface area contributed by atoms with Gasteiger partial charge in [0.15, 0.2) is 5.78 Å². The minimum absolute atomic E-state index is 0. The number of ether oxygens (including phenoxy) is 1. The normalized spacial score (nSPS) is 18.4. The van der Waals surface area contributed by atoms with Gasteiger partial charge >= 0.3 is 0 Å². The van der Waals surface area contributed by atoms with Crippen molar-refractivity contribution in [2.24, 2.45) is 0 Å². The second-order valence-electron chi connectivity index (χ2n) is 5.57. The van der Waals surface area contributed by atoms with Gasteiger partial charge in [-0.05, 0) is 43.7 Å². The summed E-state index contributed by atoms with van der Waals surface area (Å²) in [7, 11) is 0. The molecule has 1 aromatic carbocycles. The Kier molecular flexibility index (Phi) is 6.00. The summed E-state index contributed by atoms with van der Waals surface area (Å²) < 4.78 is 5.45. The maximum Gasteiger partial charge on any atom is 0.159 e. The summed E-state index contributed by atoms with van der Waals surface area (Å²) >= 11 is 0. The second-order valence-corrected chi connectivity index (χ2v) is 5.57. The Labute approximate surface area is 137 Å². The van der Waals surface area contributed by atoms with Crippen molar-refractivity contribution in [2.45, 2.75) is 13.3 Å². The van der Waals surface area contributed by atoms with Gasteiger partial charge < -0.3 is 15.0 Å². The van der Waals surface area contributed by atoms with Crippen molar-refractivity contribution < 1.29 is 9.53 Å². The summed E-state index contributed by atoms with van der Waals surface area (Å²) in [6.07, 6.45) is 3.26. The van der Waals surface area contributed by atoms with Crippen molar-refractivity contribution in [2.75, 3.05) is 44.3 Å². The van der Waals surface area contributed by atoms with Crippen molar-refractivity contribution in [1.82, 2.24) is 5.32 Å². The van der Waals surface area contributed by atoms with E-state index in [-0.39, 0.29) is 18.2 Å². The Morgan fingerprint density at radius 1 is 1.27 bits per heavy atom. The zero-order valence-corrected chi connectivity index (χ0v) is 13.7. The number of carbonyl (C=O) groups is 1. The predicted molar refractivity (Wildman–Crippen MR) is 92.2 cm³/mol. The molecule has 3 rings (SSSR count). The Balaban J connectivity index is 0.00000176. The first-order chi connectivity index (χ1) is 10.3. The molecule has 0 amide bonds. The van der Waals surface area contributed by atoms with Crippen LogP contribution in [0.25, 0.3) is 5.57 Å². The van der Waals surface area contributed by atoms with Gasteiger partial charge in [-0.15, -0.1) is 12.4 Å². The lowest BCUT2D eigenvalue weighted by atomic mass is 9.95. The summed E-state index contributed by atoms with van der Waals surface area (Å²) in [6.45, 7) is 6.91. The third kappa shape index (κ3) is 3.69. The van der Waals surface area contributed by atoms with Crippen LogP contribution in [0.1, 0.15) is 29.3 Å². The number of Topliss-reactive ketones (excluding diaryl/α,β-unsaturated/α-hetero) is 1. The molecule has 22 heavy (non-hydrogen) atoms. The van der Waals surface area contributed by atoms with E-state index in [9.17, 15) is 4.79 Å². The van der Waals surface area contributed by atoms with Crippen LogP contribution in [0.3, 0.4) is 0 Å². The van der Waals surface area contributed by atoms with Crippen LogP contribution in [0.5, 0.6) is 0 Å². The number of halogens is 1. The monoisotopic (exact) mass is 322 g/mol. The third-order valence-electron chi connectivity index (χ3n) is 4.16. The van der Waals surface area contributed by atoms with Crippen LogP contribution in [0.15, 0.2) is 24.3 Å². The molecule has 1 N–H and O–H groups in total. The third-order valence-corrected chi connectivity index (χ3v) is 4.16. The molecule has 0 saturated carbocycles. The van der Waals surface area contributed by atoms with Crippen molar-refractivity contribution in [1.29, 1.82) is 0 Å². The summed E-state index contributed by atoms with van der Waals surface area (Å²) in [5.41, 5.74) is 4.59. The molecule has 2 aliphatic heterocycles. The van der Waals surface area contributed by atoms with Gasteiger partial charge in [0.2, 0.25) is 0 Å². The molecular formula is C17H23ClN2O2. The number of benzene rings is 1. The summed E-state index contributed by atoms with van der Waals surface area (Å²) in [6, 6.07) is 6.10. The average molecular weight is 323 g/mol. The molecule has 0 atom stereocenters. The molecule has 0 aliphatic carbocycles. The number of hydrogen-bond acceptors (Lipinski definition) is 4. The number of hydrogen-bond donors (Lipinski definition) is 1. The summed E-state index contributed by atoms with van der Waals surface area (Å²) in [5, 5.41) is 3.34. The number of nitrogens with one attached hydrogen (secondary N) is 1. The lowest BCUT2D eigenvalue weighted by Crippen LogP contribution is -2.37. The zero-order valence-electron chi connectivity index (χ0n) is 12.9. The Hall–Kier alpha value is -1.36. The Bertz CT molecular complexity index is 566. The highest BCUT2D eigenvalue weighted by Crippen LogP contribution is 2.31. The summed E-state index contributed by atoms with van der Waals surface area (Å²) in [4.78, 5) is 14.1. The molecule has 1 fully saturated rings. The smallest absolute Gasteiger partial charge is 0.159 e. The van der Waals surface area contributed by atoms with E-state index in [1.165, 1.54) is 16.8 Å². The van der Waals surface area contributed by atoms with Crippen LogP contribution < -0.4 is 10.2 Å². The SMILES string of the molecule is CC(=O)c1ccc(N2CCOCC2)c(C2=CCNCC2)c1.Cl. The number of carbonyl (C=O) groups excluding carboxylic acids is 1. The molecule has 5 heteroatoms.